The van der Waals surface area contributed by atoms with E-state index < -0.39 is 0 Å². The lowest BCUT2D eigenvalue weighted by Gasteiger charge is -2.22. The van der Waals surface area contributed by atoms with Gasteiger partial charge in [-0.2, -0.15) is 0 Å². The van der Waals surface area contributed by atoms with Crippen LogP contribution in [0, 0.1) is 0 Å². The first-order chi connectivity index (χ1) is 11.6. The summed E-state index contributed by atoms with van der Waals surface area (Å²) in [6.07, 6.45) is 9.78. The summed E-state index contributed by atoms with van der Waals surface area (Å²) in [6, 6.07) is 0. The van der Waals surface area contributed by atoms with Gasteiger partial charge in [0, 0.05) is 25.2 Å². The molecular weight excluding hydrogens is 330 g/mol. The third-order valence-corrected chi connectivity index (χ3v) is 4.40. The Kier molecular flexibility index (Phi) is 10.5. The molecule has 0 radical (unpaired) electrons. The fraction of sp³-hybridized carbons (Fsp3) is 0.824. The molecule has 1 N–H and O–H groups in total. The van der Waals surface area contributed by atoms with Crippen LogP contribution in [0.3, 0.4) is 0 Å². The lowest BCUT2D eigenvalue weighted by atomic mass is 10.0. The number of halogens is 1. The molecule has 6 nitrogen and oxygen atoms in total. The zero-order valence-corrected chi connectivity index (χ0v) is 15.6. The number of nitrogens with one attached hydrogen (secondary N) is 1. The van der Waals surface area contributed by atoms with Crippen LogP contribution in [0.1, 0.15) is 71.1 Å². The Morgan fingerprint density at radius 1 is 1.17 bits per heavy atom. The Balaban J connectivity index is 2.66. The van der Waals surface area contributed by atoms with Gasteiger partial charge in [-0.1, -0.05) is 39.0 Å². The number of guanidine groups is 1. The Labute approximate surface area is 150 Å². The van der Waals surface area contributed by atoms with Crippen molar-refractivity contribution in [1.29, 1.82) is 0 Å². The normalized spacial score (nSPS) is 25.0. The summed E-state index contributed by atoms with van der Waals surface area (Å²) in [5, 5.41) is 2.65. The van der Waals surface area contributed by atoms with Gasteiger partial charge in [-0.25, -0.2) is 0 Å². The van der Waals surface area contributed by atoms with E-state index in [-0.39, 0.29) is 30.5 Å². The van der Waals surface area contributed by atoms with Crippen molar-refractivity contribution >= 4 is 29.6 Å². The van der Waals surface area contributed by atoms with Crippen LogP contribution in [0.15, 0.2) is 4.51 Å². The summed E-state index contributed by atoms with van der Waals surface area (Å²) in [5.41, 5.74) is 0. The number of likely N-dealkylation sites (N-methyl/N-ethyl adjacent to an activating group) is 1. The molecule has 1 fully saturated rings. The molecule has 0 saturated carbocycles. The minimum absolute atomic E-state index is 0.00231. The average Bonchev–Trinajstić information content (AvgIpc) is 2.56. The summed E-state index contributed by atoms with van der Waals surface area (Å²) < 4.78 is 9.07. The van der Waals surface area contributed by atoms with E-state index in [4.69, 9.17) is 16.5 Å². The van der Waals surface area contributed by atoms with E-state index >= 15 is 0 Å². The van der Waals surface area contributed by atoms with Crippen LogP contribution < -0.4 is 5.32 Å². The minimum Gasteiger partial charge on any atom is -0.461 e. The number of ether oxygens (including phenoxy) is 1. The van der Waals surface area contributed by atoms with Gasteiger partial charge in [0.15, 0.2) is 0 Å². The summed E-state index contributed by atoms with van der Waals surface area (Å²) in [5.74, 6) is -0.290. The van der Waals surface area contributed by atoms with E-state index in [9.17, 15) is 9.59 Å². The van der Waals surface area contributed by atoms with E-state index in [1.54, 1.807) is 7.05 Å². The smallest absolute Gasteiger partial charge is 0.325 e. The van der Waals surface area contributed by atoms with Crippen LogP contribution in [-0.4, -0.2) is 42.4 Å². The first-order valence-corrected chi connectivity index (χ1v) is 9.30. The number of carbonyl (C=O) groups is 2. The van der Waals surface area contributed by atoms with Gasteiger partial charge in [-0.3, -0.25) is 14.9 Å². The highest BCUT2D eigenvalue weighted by molar-refractivity contribution is 6.20. The third kappa shape index (κ3) is 8.52. The van der Waals surface area contributed by atoms with Gasteiger partial charge in [0.25, 0.3) is 0 Å². The van der Waals surface area contributed by atoms with E-state index in [1.165, 1.54) is 17.7 Å². The monoisotopic (exact) mass is 359 g/mol. The molecule has 0 spiro atoms. The van der Waals surface area contributed by atoms with Crippen molar-refractivity contribution in [2.24, 2.45) is 4.51 Å². The molecule has 0 aliphatic carbocycles. The maximum Gasteiger partial charge on any atom is 0.325 e. The number of amides is 1. The highest BCUT2D eigenvalue weighted by Crippen LogP contribution is 2.14. The van der Waals surface area contributed by atoms with Crippen molar-refractivity contribution in [2.45, 2.75) is 77.2 Å². The fourth-order valence-electron chi connectivity index (χ4n) is 2.75. The molecule has 1 aliphatic rings. The molecule has 0 aromatic rings. The predicted molar refractivity (Wildman–Crippen MR) is 95.8 cm³/mol. The van der Waals surface area contributed by atoms with Crippen molar-refractivity contribution in [3.63, 3.8) is 0 Å². The maximum atomic E-state index is 12.1. The van der Waals surface area contributed by atoms with Crippen molar-refractivity contribution < 1.29 is 14.3 Å². The van der Waals surface area contributed by atoms with Crippen LogP contribution in [0.4, 0.5) is 0 Å². The SMILES string of the molecule is CCC1CCCCCCCCCC(=O)NC(=NCl)N(C)CC(=O)O1. The van der Waals surface area contributed by atoms with E-state index in [0.29, 0.717) is 6.42 Å². The molecule has 1 unspecified atom stereocenters. The van der Waals surface area contributed by atoms with Gasteiger partial charge in [0.1, 0.15) is 12.6 Å². The first-order valence-electron chi connectivity index (χ1n) is 8.96. The second-order valence-corrected chi connectivity index (χ2v) is 6.52. The molecule has 0 aromatic heterocycles. The van der Waals surface area contributed by atoms with Crippen LogP contribution in [-0.2, 0) is 14.3 Å². The molecule has 138 valence electrons. The molecule has 0 bridgehead atoms. The molecule has 1 atom stereocenters. The highest BCUT2D eigenvalue weighted by Gasteiger charge is 2.18. The number of cyclic esters (lactones) is 1. The molecular formula is C17H30ClN3O3. The lowest BCUT2D eigenvalue weighted by Crippen LogP contribution is -2.44. The van der Waals surface area contributed by atoms with Crippen molar-refractivity contribution in [3.8, 4) is 0 Å². The number of esters is 1. The molecule has 1 heterocycles. The van der Waals surface area contributed by atoms with Crippen molar-refractivity contribution in [1.82, 2.24) is 10.2 Å². The molecule has 1 rings (SSSR count). The van der Waals surface area contributed by atoms with E-state index in [1.807, 2.05) is 6.92 Å². The zero-order valence-electron chi connectivity index (χ0n) is 14.9. The van der Waals surface area contributed by atoms with E-state index in [0.717, 1.165) is 44.9 Å². The van der Waals surface area contributed by atoms with Crippen LogP contribution in [0.5, 0.6) is 0 Å². The molecule has 0 aromatic carbocycles. The summed E-state index contributed by atoms with van der Waals surface area (Å²) in [4.78, 5) is 25.5. The average molecular weight is 360 g/mol. The molecule has 7 heteroatoms. The second-order valence-electron chi connectivity index (χ2n) is 6.35. The zero-order chi connectivity index (χ0) is 17.8. The molecule has 1 saturated heterocycles. The Morgan fingerprint density at radius 2 is 1.79 bits per heavy atom. The van der Waals surface area contributed by atoms with Gasteiger partial charge < -0.3 is 9.64 Å². The second kappa shape index (κ2) is 12.1. The molecule has 24 heavy (non-hydrogen) atoms. The topological polar surface area (TPSA) is 71.0 Å². The first kappa shape index (κ1) is 20.7. The third-order valence-electron chi connectivity index (χ3n) is 4.24. The standard InChI is InChI=1S/C17H30ClN3O3/c1-3-14-11-9-7-5-4-6-8-10-12-15(22)19-17(20-18)21(2)13-16(23)24-14/h14H,3-13H2,1-2H3,(H,19,20,22). The maximum absolute atomic E-state index is 12.1. The number of rotatable bonds is 1. The van der Waals surface area contributed by atoms with Crippen LogP contribution in [0.25, 0.3) is 0 Å². The van der Waals surface area contributed by atoms with Gasteiger partial charge in [-0.15, -0.1) is 4.51 Å². The fourth-order valence-corrected chi connectivity index (χ4v) is 2.92. The van der Waals surface area contributed by atoms with Gasteiger partial charge >= 0.3 is 5.97 Å². The van der Waals surface area contributed by atoms with Crippen molar-refractivity contribution in [2.75, 3.05) is 13.6 Å². The number of hydrogen-bond acceptors (Lipinski definition) is 4. The van der Waals surface area contributed by atoms with E-state index in [2.05, 4.69) is 9.83 Å². The number of carbonyl (C=O) groups excluding carboxylic acids is 2. The van der Waals surface area contributed by atoms with Gasteiger partial charge in [0.2, 0.25) is 11.9 Å². The Bertz CT molecular complexity index is 429. The predicted octanol–water partition coefficient (Wildman–Crippen LogP) is 3.39. The minimum atomic E-state index is -0.333. The summed E-state index contributed by atoms with van der Waals surface area (Å²) >= 11 is 5.54. The van der Waals surface area contributed by atoms with Crippen LogP contribution in [0.2, 0.25) is 0 Å². The van der Waals surface area contributed by atoms with Gasteiger partial charge in [0.05, 0.1) is 0 Å². The number of nitrogens with zero attached hydrogens (tertiary/aromatic N) is 2. The van der Waals surface area contributed by atoms with Gasteiger partial charge in [-0.05, 0) is 25.7 Å². The highest BCUT2D eigenvalue weighted by atomic mass is 35.5. The molecule has 1 amide bonds. The summed E-state index contributed by atoms with van der Waals surface area (Å²) in [6.45, 7) is 2.03. The quantitative estimate of drug-likeness (QED) is 0.728. The van der Waals surface area contributed by atoms with Crippen molar-refractivity contribution in [3.05, 3.63) is 0 Å². The summed E-state index contributed by atoms with van der Waals surface area (Å²) in [7, 11) is 1.65. The number of hydrogen-bond donors (Lipinski definition) is 1. The van der Waals surface area contributed by atoms with Crippen LogP contribution >= 0.6 is 11.8 Å². The largest absolute Gasteiger partial charge is 0.461 e. The lowest BCUT2D eigenvalue weighted by molar-refractivity contribution is -0.149. The Morgan fingerprint density at radius 3 is 2.42 bits per heavy atom. The Hall–Kier alpha value is -1.30. The molecule has 1 aliphatic heterocycles.